The second-order valence-electron chi connectivity index (χ2n) is 3.50. The number of hydrogen-bond acceptors (Lipinski definition) is 2. The molecule has 0 saturated carbocycles. The van der Waals surface area contributed by atoms with Crippen LogP contribution in [-0.2, 0) is 11.3 Å². The van der Waals surface area contributed by atoms with Crippen LogP contribution in [0.3, 0.4) is 0 Å². The van der Waals surface area contributed by atoms with Crippen molar-refractivity contribution in [1.29, 1.82) is 0 Å². The summed E-state index contributed by atoms with van der Waals surface area (Å²) >= 11 is 0. The fourth-order valence-corrected chi connectivity index (χ4v) is 1.41. The molecule has 1 aromatic rings. The Morgan fingerprint density at radius 1 is 1.47 bits per heavy atom. The van der Waals surface area contributed by atoms with Crippen LogP contribution in [0.25, 0.3) is 0 Å². The van der Waals surface area contributed by atoms with E-state index in [1.54, 1.807) is 0 Å². The lowest BCUT2D eigenvalue weighted by Crippen LogP contribution is -2.20. The van der Waals surface area contributed by atoms with Crippen LogP contribution in [0.15, 0.2) is 24.8 Å². The molecule has 0 heterocycles. The number of aryl methyl sites for hydroxylation is 2. The van der Waals surface area contributed by atoms with Crippen molar-refractivity contribution in [3.63, 3.8) is 0 Å². The molecule has 3 nitrogen and oxygen atoms in total. The summed E-state index contributed by atoms with van der Waals surface area (Å²) in [6, 6.07) is 3.71. The normalized spacial score (nSPS) is 9.73. The molecule has 0 saturated heterocycles. The number of phenolic OH excluding ortho intramolecular Hbond substituents is 1. The number of rotatable bonds is 3. The molecule has 0 unspecified atom stereocenters. The molecule has 0 radical (unpaired) electrons. The summed E-state index contributed by atoms with van der Waals surface area (Å²) in [6.07, 6.45) is 1.24. The fourth-order valence-electron chi connectivity index (χ4n) is 1.41. The quantitative estimate of drug-likeness (QED) is 0.739. The first-order valence-corrected chi connectivity index (χ1v) is 4.74. The summed E-state index contributed by atoms with van der Waals surface area (Å²) < 4.78 is 0. The van der Waals surface area contributed by atoms with E-state index in [0.717, 1.165) is 16.7 Å². The van der Waals surface area contributed by atoms with E-state index >= 15 is 0 Å². The average Bonchev–Trinajstić information content (AvgIpc) is 2.22. The van der Waals surface area contributed by atoms with E-state index in [1.807, 2.05) is 26.0 Å². The molecule has 3 heteroatoms. The van der Waals surface area contributed by atoms with Gasteiger partial charge in [-0.25, -0.2) is 0 Å². The number of phenols is 1. The fraction of sp³-hybridized carbons (Fsp3) is 0.250. The zero-order chi connectivity index (χ0) is 11.4. The van der Waals surface area contributed by atoms with Crippen molar-refractivity contribution in [3.05, 3.63) is 41.5 Å². The van der Waals surface area contributed by atoms with Gasteiger partial charge in [-0.05, 0) is 36.6 Å². The maximum atomic E-state index is 10.9. The minimum Gasteiger partial charge on any atom is -0.507 e. The second kappa shape index (κ2) is 4.64. The molecule has 0 aliphatic heterocycles. The van der Waals surface area contributed by atoms with Crippen LogP contribution in [-0.4, -0.2) is 11.0 Å². The Bertz CT molecular complexity index is 374. The molecular weight excluding hydrogens is 190 g/mol. The summed E-state index contributed by atoms with van der Waals surface area (Å²) in [7, 11) is 0. The van der Waals surface area contributed by atoms with Gasteiger partial charge in [-0.2, -0.15) is 0 Å². The average molecular weight is 205 g/mol. The standard InChI is InChI=1S/C12H15NO2/c1-4-11(14)13-7-10-5-8(2)12(15)9(3)6-10/h4-6,15H,1,7H2,2-3H3,(H,13,14). The third kappa shape index (κ3) is 2.84. The molecule has 80 valence electrons. The topological polar surface area (TPSA) is 49.3 Å². The summed E-state index contributed by atoms with van der Waals surface area (Å²) in [5.74, 6) is 0.118. The number of amides is 1. The van der Waals surface area contributed by atoms with Gasteiger partial charge >= 0.3 is 0 Å². The number of aromatic hydroxyl groups is 1. The number of benzene rings is 1. The molecule has 0 aliphatic rings. The zero-order valence-corrected chi connectivity index (χ0v) is 9.00. The van der Waals surface area contributed by atoms with E-state index in [4.69, 9.17) is 0 Å². The number of carbonyl (C=O) groups is 1. The number of nitrogens with one attached hydrogen (secondary N) is 1. The van der Waals surface area contributed by atoms with E-state index in [1.165, 1.54) is 6.08 Å². The molecule has 0 bridgehead atoms. The van der Waals surface area contributed by atoms with Gasteiger partial charge in [0.1, 0.15) is 5.75 Å². The van der Waals surface area contributed by atoms with Crippen molar-refractivity contribution in [3.8, 4) is 5.75 Å². The molecule has 0 aromatic heterocycles. The highest BCUT2D eigenvalue weighted by Crippen LogP contribution is 2.22. The minimum atomic E-state index is -0.196. The van der Waals surface area contributed by atoms with Crippen LogP contribution in [0.1, 0.15) is 16.7 Å². The molecule has 2 N–H and O–H groups in total. The van der Waals surface area contributed by atoms with Gasteiger partial charge in [0.05, 0.1) is 0 Å². The van der Waals surface area contributed by atoms with Crippen molar-refractivity contribution in [2.45, 2.75) is 20.4 Å². The summed E-state index contributed by atoms with van der Waals surface area (Å²) in [5, 5.41) is 12.2. The minimum absolute atomic E-state index is 0.196. The van der Waals surface area contributed by atoms with Gasteiger partial charge in [0.15, 0.2) is 0 Å². The van der Waals surface area contributed by atoms with Gasteiger partial charge < -0.3 is 10.4 Å². The Balaban J connectivity index is 2.79. The molecule has 0 atom stereocenters. The first-order chi connectivity index (χ1) is 7.04. The van der Waals surface area contributed by atoms with Gasteiger partial charge in [-0.1, -0.05) is 18.7 Å². The molecular formula is C12H15NO2. The second-order valence-corrected chi connectivity index (χ2v) is 3.50. The lowest BCUT2D eigenvalue weighted by molar-refractivity contribution is -0.116. The predicted octanol–water partition coefficient (Wildman–Crippen LogP) is 1.81. The highest BCUT2D eigenvalue weighted by atomic mass is 16.3. The lowest BCUT2D eigenvalue weighted by atomic mass is 10.1. The molecule has 1 aromatic carbocycles. The Morgan fingerprint density at radius 3 is 2.47 bits per heavy atom. The SMILES string of the molecule is C=CC(=O)NCc1cc(C)c(O)c(C)c1. The van der Waals surface area contributed by atoms with Gasteiger partial charge in [0.2, 0.25) is 5.91 Å². The van der Waals surface area contributed by atoms with Gasteiger partial charge in [0, 0.05) is 6.54 Å². The summed E-state index contributed by atoms with van der Waals surface area (Å²) in [4.78, 5) is 10.9. The Kier molecular flexibility index (Phi) is 3.50. The van der Waals surface area contributed by atoms with Gasteiger partial charge in [-0.3, -0.25) is 4.79 Å². The van der Waals surface area contributed by atoms with Crippen LogP contribution in [0, 0.1) is 13.8 Å². The van der Waals surface area contributed by atoms with Crippen LogP contribution in [0.5, 0.6) is 5.75 Å². The Hall–Kier alpha value is -1.77. The van der Waals surface area contributed by atoms with E-state index in [-0.39, 0.29) is 5.91 Å². The summed E-state index contributed by atoms with van der Waals surface area (Å²) in [5.41, 5.74) is 2.61. The largest absolute Gasteiger partial charge is 0.507 e. The maximum absolute atomic E-state index is 10.9. The van der Waals surface area contributed by atoms with E-state index in [0.29, 0.717) is 12.3 Å². The van der Waals surface area contributed by atoms with Gasteiger partial charge in [-0.15, -0.1) is 0 Å². The Morgan fingerprint density at radius 2 is 2.00 bits per heavy atom. The van der Waals surface area contributed by atoms with Crippen LogP contribution < -0.4 is 5.32 Å². The predicted molar refractivity (Wildman–Crippen MR) is 59.6 cm³/mol. The van der Waals surface area contributed by atoms with Crippen LogP contribution in [0.2, 0.25) is 0 Å². The molecule has 0 spiro atoms. The van der Waals surface area contributed by atoms with Crippen molar-refractivity contribution in [2.24, 2.45) is 0 Å². The molecule has 1 rings (SSSR count). The van der Waals surface area contributed by atoms with Crippen molar-refractivity contribution >= 4 is 5.91 Å². The summed E-state index contributed by atoms with van der Waals surface area (Å²) in [6.45, 7) is 7.49. The van der Waals surface area contributed by atoms with Crippen LogP contribution in [0.4, 0.5) is 0 Å². The highest BCUT2D eigenvalue weighted by Gasteiger charge is 2.03. The van der Waals surface area contributed by atoms with E-state index < -0.39 is 0 Å². The molecule has 1 amide bonds. The maximum Gasteiger partial charge on any atom is 0.243 e. The first kappa shape index (κ1) is 11.3. The highest BCUT2D eigenvalue weighted by molar-refractivity contribution is 5.86. The van der Waals surface area contributed by atoms with Crippen LogP contribution >= 0.6 is 0 Å². The third-order valence-corrected chi connectivity index (χ3v) is 2.20. The molecule has 15 heavy (non-hydrogen) atoms. The molecule has 0 aliphatic carbocycles. The van der Waals surface area contributed by atoms with E-state index in [2.05, 4.69) is 11.9 Å². The van der Waals surface area contributed by atoms with Crippen molar-refractivity contribution in [2.75, 3.05) is 0 Å². The smallest absolute Gasteiger partial charge is 0.243 e. The monoisotopic (exact) mass is 205 g/mol. The zero-order valence-electron chi connectivity index (χ0n) is 9.00. The molecule has 0 fully saturated rings. The number of carbonyl (C=O) groups excluding carboxylic acids is 1. The van der Waals surface area contributed by atoms with E-state index in [9.17, 15) is 9.90 Å². The van der Waals surface area contributed by atoms with Gasteiger partial charge in [0.25, 0.3) is 0 Å². The lowest BCUT2D eigenvalue weighted by Gasteiger charge is -2.08. The third-order valence-electron chi connectivity index (χ3n) is 2.20. The van der Waals surface area contributed by atoms with Crippen molar-refractivity contribution in [1.82, 2.24) is 5.32 Å². The first-order valence-electron chi connectivity index (χ1n) is 4.74. The van der Waals surface area contributed by atoms with Crippen molar-refractivity contribution < 1.29 is 9.90 Å². The number of hydrogen-bond donors (Lipinski definition) is 2. The Labute approximate surface area is 89.4 Å².